The number of thiocarbonyl (C=S) groups is 1. The van der Waals surface area contributed by atoms with Gasteiger partial charge in [-0.1, -0.05) is 44.5 Å². The fraction of sp³-hybridized carbons (Fsp3) is 0.489. The van der Waals surface area contributed by atoms with Gasteiger partial charge in [-0.2, -0.15) is 18.4 Å². The molecular weight excluding hydrogens is 885 g/mol. The number of alkyl halides is 3. The molecule has 2 atom stereocenters. The van der Waals surface area contributed by atoms with E-state index >= 15 is 0 Å². The Labute approximate surface area is 388 Å². The van der Waals surface area contributed by atoms with Gasteiger partial charge in [0, 0.05) is 43.6 Å². The number of rotatable bonds is 20. The van der Waals surface area contributed by atoms with Crippen LogP contribution >= 0.6 is 23.8 Å². The third kappa shape index (κ3) is 13.2. The van der Waals surface area contributed by atoms with Gasteiger partial charge in [0.1, 0.15) is 30.0 Å². The number of carbonyl (C=O) groups excluding carboxylic acids is 4. The van der Waals surface area contributed by atoms with E-state index in [-0.39, 0.29) is 29.2 Å². The molecule has 2 aliphatic rings. The van der Waals surface area contributed by atoms with Gasteiger partial charge >= 0.3 is 6.18 Å². The number of nitrogens with one attached hydrogen (secondary N) is 2. The van der Waals surface area contributed by atoms with Gasteiger partial charge in [0.05, 0.1) is 29.5 Å². The van der Waals surface area contributed by atoms with Crippen molar-refractivity contribution in [3.05, 3.63) is 88.4 Å². The van der Waals surface area contributed by atoms with Crippen LogP contribution in [0.4, 0.5) is 24.5 Å². The lowest BCUT2D eigenvalue weighted by molar-refractivity contribution is -0.144. The number of unbranched alkanes of at least 4 members (excludes halogenated alkanes) is 2. The number of nitriles is 1. The average molecular weight is 942 g/mol. The minimum Gasteiger partial charge on any atom is -0.494 e. The number of benzene rings is 3. The summed E-state index contributed by atoms with van der Waals surface area (Å²) < 4.78 is 58.3. The minimum atomic E-state index is -4.79. The Bertz CT molecular complexity index is 2210. The molecule has 1 unspecified atom stereocenters. The number of amides is 4. The van der Waals surface area contributed by atoms with E-state index in [0.29, 0.717) is 75.2 Å². The zero-order valence-corrected chi connectivity index (χ0v) is 38.8. The number of carbonyl (C=O) groups is 4. The van der Waals surface area contributed by atoms with Crippen LogP contribution < -0.4 is 25.2 Å². The van der Waals surface area contributed by atoms with E-state index in [0.717, 1.165) is 41.9 Å². The molecule has 4 amide bonds. The Morgan fingerprint density at radius 3 is 2.23 bits per heavy atom. The SMILES string of the molecule is CC(C)(C)C(NC(=O)COCCCOCCCCCOc1ccc(N2C(=S)N(c3ccc(C#N)c(C(F)(F)F)c3)C(=O)C2(C)C)cc1)C(=O)N1CCC[C@H]1C(=O)NCc1ccc(Cl)cc1. The molecule has 0 saturated carbocycles. The topological polar surface area (TPSA) is 154 Å². The first-order chi connectivity index (χ1) is 30.7. The van der Waals surface area contributed by atoms with E-state index in [4.69, 9.17) is 38.0 Å². The summed E-state index contributed by atoms with van der Waals surface area (Å²) in [6.45, 7) is 11.1. The van der Waals surface area contributed by atoms with Gasteiger partial charge in [-0.25, -0.2) is 0 Å². The standard InChI is InChI=1S/C47H56ClF3N6O7S/c1-45(2,3)40(42(60)55-22-9-11-38(55)41(59)53-29-31-12-15-33(48)16-13-31)54-39(58)30-63-25-10-24-62-23-7-6-8-26-64-36-20-18-34(19-21-36)57-44(65)56(43(61)46(57,4)5)35-17-14-32(28-52)37(27-35)47(49,50)51/h12-21,27,38,40H,6-11,22-26,29-30H2,1-5H3,(H,53,59)(H,54,58)/t38-,40?/m0/s1. The largest absolute Gasteiger partial charge is 0.494 e. The Balaban J connectivity index is 0.954. The lowest BCUT2D eigenvalue weighted by atomic mass is 9.85. The van der Waals surface area contributed by atoms with Crippen molar-refractivity contribution in [2.75, 3.05) is 49.4 Å². The van der Waals surface area contributed by atoms with Crippen LogP contribution in [0.5, 0.6) is 5.75 Å². The second-order valence-electron chi connectivity index (χ2n) is 17.5. The number of nitrogens with zero attached hydrogens (tertiary/aromatic N) is 4. The molecule has 5 rings (SSSR count). The van der Waals surface area contributed by atoms with Crippen LogP contribution in [0, 0.1) is 16.7 Å². The van der Waals surface area contributed by atoms with Crippen LogP contribution in [-0.4, -0.2) is 90.8 Å². The van der Waals surface area contributed by atoms with Crippen LogP contribution in [0.2, 0.25) is 5.02 Å². The highest BCUT2D eigenvalue weighted by Gasteiger charge is 2.51. The van der Waals surface area contributed by atoms with Crippen molar-refractivity contribution in [3.8, 4) is 11.8 Å². The summed E-state index contributed by atoms with van der Waals surface area (Å²) in [5.41, 5.74) is -2.15. The van der Waals surface area contributed by atoms with Crippen LogP contribution in [0.1, 0.15) is 89.8 Å². The van der Waals surface area contributed by atoms with E-state index in [2.05, 4.69) is 10.6 Å². The van der Waals surface area contributed by atoms with Crippen molar-refractivity contribution in [2.45, 2.75) is 103 Å². The van der Waals surface area contributed by atoms with Crippen molar-refractivity contribution < 1.29 is 46.6 Å². The molecule has 18 heteroatoms. The molecular formula is C47H56ClF3N6O7S. The fourth-order valence-electron chi connectivity index (χ4n) is 7.58. The number of ether oxygens (including phenoxy) is 3. The summed E-state index contributed by atoms with van der Waals surface area (Å²) in [7, 11) is 0. The normalized spacial score (nSPS) is 16.7. The molecule has 65 heavy (non-hydrogen) atoms. The van der Waals surface area contributed by atoms with E-state index < -0.39 is 52.2 Å². The fourth-order valence-corrected chi connectivity index (χ4v) is 8.23. The monoisotopic (exact) mass is 940 g/mol. The molecule has 350 valence electrons. The van der Waals surface area contributed by atoms with Crippen molar-refractivity contribution in [2.24, 2.45) is 5.41 Å². The van der Waals surface area contributed by atoms with Gasteiger partial charge in [0.15, 0.2) is 5.11 Å². The van der Waals surface area contributed by atoms with E-state index in [1.807, 2.05) is 32.9 Å². The molecule has 3 aromatic rings. The van der Waals surface area contributed by atoms with Gasteiger partial charge in [-0.15, -0.1) is 0 Å². The van der Waals surface area contributed by atoms with Gasteiger partial charge in [-0.3, -0.25) is 24.1 Å². The summed E-state index contributed by atoms with van der Waals surface area (Å²) in [6, 6.07) is 17.3. The molecule has 2 N–H and O–H groups in total. The van der Waals surface area contributed by atoms with Crippen LogP contribution in [0.15, 0.2) is 66.7 Å². The molecule has 0 bridgehead atoms. The zero-order chi connectivity index (χ0) is 47.5. The molecule has 3 aromatic carbocycles. The molecule has 13 nitrogen and oxygen atoms in total. The molecule has 2 aliphatic heterocycles. The number of anilines is 2. The Hall–Kier alpha value is -5.28. The van der Waals surface area contributed by atoms with Crippen LogP contribution in [-0.2, 0) is 41.4 Å². The quantitative estimate of drug-likeness (QED) is 0.0843. The third-order valence-electron chi connectivity index (χ3n) is 11.1. The molecule has 2 saturated heterocycles. The summed E-state index contributed by atoms with van der Waals surface area (Å²) in [6.07, 6.45) is -0.553. The molecule has 0 radical (unpaired) electrons. The molecule has 2 fully saturated rings. The molecule has 0 spiro atoms. The van der Waals surface area contributed by atoms with Crippen molar-refractivity contribution in [1.29, 1.82) is 5.26 Å². The van der Waals surface area contributed by atoms with Crippen LogP contribution in [0.3, 0.4) is 0 Å². The second-order valence-corrected chi connectivity index (χ2v) is 18.3. The smallest absolute Gasteiger partial charge is 0.417 e. The van der Waals surface area contributed by atoms with Crippen molar-refractivity contribution >= 4 is 63.9 Å². The summed E-state index contributed by atoms with van der Waals surface area (Å²) in [5.74, 6) is -0.873. The van der Waals surface area contributed by atoms with E-state index in [1.54, 1.807) is 66.1 Å². The highest BCUT2D eigenvalue weighted by atomic mass is 35.5. The maximum atomic E-state index is 13.8. The first-order valence-electron chi connectivity index (χ1n) is 21.5. The van der Waals surface area contributed by atoms with E-state index in [1.165, 1.54) is 6.07 Å². The van der Waals surface area contributed by atoms with Gasteiger partial charge in [0.25, 0.3) is 5.91 Å². The first-order valence-corrected chi connectivity index (χ1v) is 22.3. The van der Waals surface area contributed by atoms with Crippen molar-refractivity contribution in [3.63, 3.8) is 0 Å². The van der Waals surface area contributed by atoms with Gasteiger partial charge < -0.3 is 34.6 Å². The van der Waals surface area contributed by atoms with Crippen molar-refractivity contribution in [1.82, 2.24) is 15.5 Å². The number of halogens is 4. The second kappa shape index (κ2) is 22.3. The Morgan fingerprint density at radius 2 is 1.57 bits per heavy atom. The highest BCUT2D eigenvalue weighted by molar-refractivity contribution is 7.81. The van der Waals surface area contributed by atoms with E-state index in [9.17, 15) is 37.6 Å². The Kier molecular flexibility index (Phi) is 17.4. The minimum absolute atomic E-state index is 0.00626. The lowest BCUT2D eigenvalue weighted by Gasteiger charge is -2.35. The molecule has 0 aliphatic carbocycles. The lowest BCUT2D eigenvalue weighted by Crippen LogP contribution is -2.58. The average Bonchev–Trinajstić information content (AvgIpc) is 3.82. The highest BCUT2D eigenvalue weighted by Crippen LogP contribution is 2.40. The van der Waals surface area contributed by atoms with Gasteiger partial charge in [0.2, 0.25) is 17.7 Å². The van der Waals surface area contributed by atoms with Crippen LogP contribution in [0.25, 0.3) is 0 Å². The number of likely N-dealkylation sites (tertiary alicyclic amines) is 1. The molecule has 2 heterocycles. The number of hydrogen-bond acceptors (Lipinski definition) is 9. The summed E-state index contributed by atoms with van der Waals surface area (Å²) in [5, 5.41) is 15.6. The Morgan fingerprint density at radius 1 is 0.923 bits per heavy atom. The summed E-state index contributed by atoms with van der Waals surface area (Å²) in [4.78, 5) is 57.5. The maximum absolute atomic E-state index is 13.8. The summed E-state index contributed by atoms with van der Waals surface area (Å²) >= 11 is 11.6. The number of hydrogen-bond donors (Lipinski definition) is 2. The molecule has 0 aromatic heterocycles. The third-order valence-corrected chi connectivity index (χ3v) is 11.7. The zero-order valence-electron chi connectivity index (χ0n) is 37.3. The first kappa shape index (κ1) is 50.7. The van der Waals surface area contributed by atoms with Gasteiger partial charge in [-0.05, 0) is 130 Å². The predicted octanol–water partition coefficient (Wildman–Crippen LogP) is 7.96. The predicted molar refractivity (Wildman–Crippen MR) is 244 cm³/mol. The maximum Gasteiger partial charge on any atom is 0.417 e.